The predicted octanol–water partition coefficient (Wildman–Crippen LogP) is 3.36. The molecule has 0 atom stereocenters. The van der Waals surface area contributed by atoms with E-state index in [0.717, 1.165) is 0 Å². The van der Waals surface area contributed by atoms with Gasteiger partial charge in [-0.2, -0.15) is 0 Å². The van der Waals surface area contributed by atoms with Crippen LogP contribution < -0.4 is 0 Å². The highest BCUT2D eigenvalue weighted by Crippen LogP contribution is 2.26. The quantitative estimate of drug-likeness (QED) is 0.705. The molecule has 0 aliphatic heterocycles. The first kappa shape index (κ1) is 10.2. The molecule has 1 heterocycles. The summed E-state index contributed by atoms with van der Waals surface area (Å²) in [5.41, 5.74) is 0.0744. The monoisotopic (exact) mass is 232 g/mol. The minimum atomic E-state index is -2.82. The Morgan fingerprint density at radius 2 is 1.93 bits per heavy atom. The molecule has 0 radical (unpaired) electrons. The lowest BCUT2D eigenvalue weighted by Crippen LogP contribution is -1.97. The molecular formula is C9H4ClF3N2. The summed E-state index contributed by atoms with van der Waals surface area (Å²) in [6.45, 7) is 0. The first-order valence-electron chi connectivity index (χ1n) is 3.99. The first-order chi connectivity index (χ1) is 7.09. The average molecular weight is 233 g/mol. The maximum absolute atomic E-state index is 13.2. The molecule has 1 aromatic carbocycles. The van der Waals surface area contributed by atoms with Crippen LogP contribution in [0.2, 0.25) is 5.15 Å². The van der Waals surface area contributed by atoms with Crippen LogP contribution in [0.3, 0.4) is 0 Å². The number of rotatable bonds is 1. The lowest BCUT2D eigenvalue weighted by atomic mass is 10.2. The first-order valence-corrected chi connectivity index (χ1v) is 4.37. The van der Waals surface area contributed by atoms with Crippen LogP contribution >= 0.6 is 11.6 Å². The molecule has 6 heteroatoms. The molecule has 78 valence electrons. The average Bonchev–Trinajstić information content (AvgIpc) is 2.17. The van der Waals surface area contributed by atoms with E-state index in [2.05, 4.69) is 9.97 Å². The summed E-state index contributed by atoms with van der Waals surface area (Å²) in [5, 5.41) is -0.336. The van der Waals surface area contributed by atoms with Gasteiger partial charge in [0.2, 0.25) is 0 Å². The number of hydrogen-bond acceptors (Lipinski definition) is 2. The highest BCUT2D eigenvalue weighted by Gasteiger charge is 2.15. The van der Waals surface area contributed by atoms with Gasteiger partial charge in [0.25, 0.3) is 6.43 Å². The van der Waals surface area contributed by atoms with Gasteiger partial charge in [0.1, 0.15) is 11.0 Å². The molecule has 0 unspecified atom stereocenters. The van der Waals surface area contributed by atoms with Crippen molar-refractivity contribution < 1.29 is 13.2 Å². The lowest BCUT2D eigenvalue weighted by Gasteiger charge is -2.03. The molecular weight excluding hydrogens is 229 g/mol. The van der Waals surface area contributed by atoms with Crippen LogP contribution in [0.15, 0.2) is 18.2 Å². The van der Waals surface area contributed by atoms with Crippen LogP contribution in [0.4, 0.5) is 13.2 Å². The summed E-state index contributed by atoms with van der Waals surface area (Å²) in [7, 11) is 0. The number of hydrogen-bond donors (Lipinski definition) is 0. The van der Waals surface area contributed by atoms with Gasteiger partial charge in [0, 0.05) is 0 Å². The summed E-state index contributed by atoms with van der Waals surface area (Å²) >= 11 is 5.59. The lowest BCUT2D eigenvalue weighted by molar-refractivity contribution is 0.141. The second-order valence-corrected chi connectivity index (χ2v) is 3.17. The Bertz CT molecular complexity index is 516. The maximum Gasteiger partial charge on any atom is 0.297 e. The molecule has 0 aliphatic carbocycles. The number of alkyl halides is 2. The fraction of sp³-hybridized carbons (Fsp3) is 0.111. The van der Waals surface area contributed by atoms with Gasteiger partial charge in [-0.25, -0.2) is 23.1 Å². The number of fused-ring (bicyclic) bond motifs is 1. The van der Waals surface area contributed by atoms with E-state index in [1.165, 1.54) is 18.2 Å². The summed E-state index contributed by atoms with van der Waals surface area (Å²) in [5.74, 6) is -1.32. The Morgan fingerprint density at radius 1 is 1.20 bits per heavy atom. The molecule has 15 heavy (non-hydrogen) atoms. The van der Waals surface area contributed by atoms with E-state index in [9.17, 15) is 13.2 Å². The van der Waals surface area contributed by atoms with Crippen LogP contribution in [0, 0.1) is 5.82 Å². The van der Waals surface area contributed by atoms with Gasteiger partial charge >= 0.3 is 0 Å². The predicted molar refractivity (Wildman–Crippen MR) is 49.5 cm³/mol. The van der Waals surface area contributed by atoms with Crippen LogP contribution in [-0.4, -0.2) is 9.97 Å². The van der Waals surface area contributed by atoms with Crippen LogP contribution in [-0.2, 0) is 0 Å². The van der Waals surface area contributed by atoms with Crippen molar-refractivity contribution in [3.05, 3.63) is 35.0 Å². The standard InChI is InChI=1S/C9H4ClF3N2/c10-7-6-4(11)2-1-3-5(6)14-9(15-7)8(12)13/h1-3,8H. The minimum Gasteiger partial charge on any atom is -0.227 e. The SMILES string of the molecule is Fc1cccc2nc(C(F)F)nc(Cl)c12. The van der Waals surface area contributed by atoms with Crippen molar-refractivity contribution in [2.24, 2.45) is 0 Å². The van der Waals surface area contributed by atoms with Crippen molar-refractivity contribution >= 4 is 22.5 Å². The summed E-state index contributed by atoms with van der Waals surface area (Å²) in [4.78, 5) is 6.84. The number of halogens is 4. The third-order valence-electron chi connectivity index (χ3n) is 1.84. The van der Waals surface area contributed by atoms with E-state index >= 15 is 0 Å². The molecule has 0 saturated carbocycles. The van der Waals surface area contributed by atoms with Gasteiger partial charge < -0.3 is 0 Å². The zero-order valence-electron chi connectivity index (χ0n) is 7.22. The molecule has 1 aromatic heterocycles. The van der Waals surface area contributed by atoms with E-state index in [1.54, 1.807) is 0 Å². The van der Waals surface area contributed by atoms with Crippen molar-refractivity contribution in [3.8, 4) is 0 Å². The number of benzene rings is 1. The Balaban J connectivity index is 2.78. The Kier molecular flexibility index (Phi) is 2.48. The molecule has 0 aliphatic rings. The summed E-state index contributed by atoms with van der Waals surface area (Å²) in [6.07, 6.45) is -2.82. The molecule has 0 amide bonds. The Labute approximate surface area is 87.7 Å². The van der Waals surface area contributed by atoms with Crippen molar-refractivity contribution in [1.29, 1.82) is 0 Å². The van der Waals surface area contributed by atoms with Gasteiger partial charge in [0.15, 0.2) is 5.82 Å². The van der Waals surface area contributed by atoms with E-state index in [4.69, 9.17) is 11.6 Å². The molecule has 2 aromatic rings. The van der Waals surface area contributed by atoms with E-state index in [1.807, 2.05) is 0 Å². The fourth-order valence-electron chi connectivity index (χ4n) is 1.21. The minimum absolute atomic E-state index is 0.0384. The normalized spacial score (nSPS) is 11.3. The van der Waals surface area contributed by atoms with Crippen LogP contribution in [0.5, 0.6) is 0 Å². The van der Waals surface area contributed by atoms with E-state index in [0.29, 0.717) is 0 Å². The molecule has 2 rings (SSSR count). The van der Waals surface area contributed by atoms with Gasteiger partial charge in [0.05, 0.1) is 10.9 Å². The maximum atomic E-state index is 13.2. The second-order valence-electron chi connectivity index (χ2n) is 2.81. The van der Waals surface area contributed by atoms with Crippen molar-refractivity contribution in [2.75, 3.05) is 0 Å². The van der Waals surface area contributed by atoms with E-state index < -0.39 is 18.1 Å². The highest BCUT2D eigenvalue weighted by atomic mass is 35.5. The molecule has 0 saturated heterocycles. The molecule has 0 fully saturated rings. The van der Waals surface area contributed by atoms with Crippen molar-refractivity contribution in [1.82, 2.24) is 9.97 Å². The highest BCUT2D eigenvalue weighted by molar-refractivity contribution is 6.34. The van der Waals surface area contributed by atoms with E-state index in [-0.39, 0.29) is 16.1 Å². The van der Waals surface area contributed by atoms with Crippen molar-refractivity contribution in [2.45, 2.75) is 6.43 Å². The zero-order valence-corrected chi connectivity index (χ0v) is 7.97. The molecule has 2 nitrogen and oxygen atoms in total. The smallest absolute Gasteiger partial charge is 0.227 e. The largest absolute Gasteiger partial charge is 0.297 e. The Morgan fingerprint density at radius 3 is 2.60 bits per heavy atom. The van der Waals surface area contributed by atoms with Crippen molar-refractivity contribution in [3.63, 3.8) is 0 Å². The summed E-state index contributed by atoms with van der Waals surface area (Å²) in [6, 6.07) is 3.94. The molecule has 0 bridgehead atoms. The number of nitrogens with zero attached hydrogens (tertiary/aromatic N) is 2. The second kappa shape index (κ2) is 3.66. The van der Waals surface area contributed by atoms with Crippen LogP contribution in [0.25, 0.3) is 10.9 Å². The van der Waals surface area contributed by atoms with Crippen LogP contribution in [0.1, 0.15) is 12.2 Å². The van der Waals surface area contributed by atoms with Gasteiger partial charge in [-0.1, -0.05) is 17.7 Å². The Hall–Kier alpha value is -1.36. The third kappa shape index (κ3) is 1.74. The van der Waals surface area contributed by atoms with Gasteiger partial charge in [-0.15, -0.1) is 0 Å². The number of aromatic nitrogens is 2. The molecule has 0 spiro atoms. The van der Waals surface area contributed by atoms with Gasteiger partial charge in [-0.05, 0) is 12.1 Å². The zero-order chi connectivity index (χ0) is 11.0. The topological polar surface area (TPSA) is 25.8 Å². The third-order valence-corrected chi connectivity index (χ3v) is 2.11. The van der Waals surface area contributed by atoms with Gasteiger partial charge in [-0.3, -0.25) is 0 Å². The fourth-order valence-corrected chi connectivity index (χ4v) is 1.49. The molecule has 0 N–H and O–H groups in total. The summed E-state index contributed by atoms with van der Waals surface area (Å²) < 4.78 is 37.8.